The largest absolute Gasteiger partial charge is 0.408 e. The third-order valence-electron chi connectivity index (χ3n) is 3.30. The Morgan fingerprint density at radius 3 is 2.86 bits per heavy atom. The van der Waals surface area contributed by atoms with E-state index >= 15 is 0 Å². The standard InChI is InChI=1S/C12H16BrF3N4O/c1-19-4-2-3-8(6-19)18-9-5-17-20(7-12(14,15)16)11(21)10(9)13/h5,8,18H,2-4,6-7H2,1H3. The zero-order valence-electron chi connectivity index (χ0n) is 11.5. The van der Waals surface area contributed by atoms with E-state index in [0.29, 0.717) is 10.4 Å². The summed E-state index contributed by atoms with van der Waals surface area (Å²) in [6, 6.07) is 0.153. The van der Waals surface area contributed by atoms with E-state index in [4.69, 9.17) is 0 Å². The van der Waals surface area contributed by atoms with Gasteiger partial charge < -0.3 is 10.2 Å². The van der Waals surface area contributed by atoms with Crippen molar-refractivity contribution in [3.8, 4) is 0 Å². The maximum atomic E-state index is 12.3. The summed E-state index contributed by atoms with van der Waals surface area (Å²) in [6.07, 6.45) is -1.24. The van der Waals surface area contributed by atoms with E-state index in [1.54, 1.807) is 0 Å². The summed E-state index contributed by atoms with van der Waals surface area (Å²) in [5.74, 6) is 0. The number of nitrogens with zero attached hydrogens (tertiary/aromatic N) is 3. The predicted octanol–water partition coefficient (Wildman–Crippen LogP) is 2.07. The zero-order chi connectivity index (χ0) is 15.6. The number of piperidine rings is 1. The van der Waals surface area contributed by atoms with Crippen molar-refractivity contribution in [2.45, 2.75) is 31.6 Å². The van der Waals surface area contributed by atoms with Gasteiger partial charge in [-0.05, 0) is 42.4 Å². The van der Waals surface area contributed by atoms with Crippen LogP contribution in [0.3, 0.4) is 0 Å². The average molecular weight is 369 g/mol. The van der Waals surface area contributed by atoms with Crippen LogP contribution >= 0.6 is 15.9 Å². The van der Waals surface area contributed by atoms with E-state index in [1.165, 1.54) is 6.20 Å². The number of hydrogen-bond donors (Lipinski definition) is 1. The van der Waals surface area contributed by atoms with Crippen LogP contribution in [0.4, 0.5) is 18.9 Å². The predicted molar refractivity (Wildman–Crippen MR) is 76.4 cm³/mol. The van der Waals surface area contributed by atoms with Crippen molar-refractivity contribution < 1.29 is 13.2 Å². The van der Waals surface area contributed by atoms with Crippen molar-refractivity contribution in [1.29, 1.82) is 0 Å². The molecule has 21 heavy (non-hydrogen) atoms. The Hall–Kier alpha value is -1.09. The first-order valence-corrected chi connectivity index (χ1v) is 7.33. The molecule has 1 N–H and O–H groups in total. The molecule has 1 fully saturated rings. The van der Waals surface area contributed by atoms with Crippen LogP contribution in [-0.4, -0.2) is 47.0 Å². The Bertz CT molecular complexity index is 560. The van der Waals surface area contributed by atoms with Gasteiger partial charge in [0, 0.05) is 12.6 Å². The van der Waals surface area contributed by atoms with Crippen LogP contribution in [0.25, 0.3) is 0 Å². The molecule has 1 aromatic rings. The minimum absolute atomic E-state index is 0.0787. The highest BCUT2D eigenvalue weighted by Gasteiger charge is 2.30. The van der Waals surface area contributed by atoms with Crippen LogP contribution in [0, 0.1) is 0 Å². The quantitative estimate of drug-likeness (QED) is 0.887. The number of aromatic nitrogens is 2. The van der Waals surface area contributed by atoms with Gasteiger partial charge in [-0.15, -0.1) is 0 Å². The van der Waals surface area contributed by atoms with E-state index in [9.17, 15) is 18.0 Å². The fourth-order valence-corrected chi connectivity index (χ4v) is 2.77. The number of rotatable bonds is 3. The first kappa shape index (κ1) is 16.3. The molecule has 0 aliphatic carbocycles. The first-order chi connectivity index (χ1) is 9.76. The van der Waals surface area contributed by atoms with Gasteiger partial charge in [0.2, 0.25) is 0 Å². The Labute approximate surface area is 128 Å². The minimum atomic E-state index is -4.47. The third-order valence-corrected chi connectivity index (χ3v) is 4.06. The van der Waals surface area contributed by atoms with Gasteiger partial charge in [-0.25, -0.2) is 4.68 Å². The maximum absolute atomic E-state index is 12.3. The molecule has 0 spiro atoms. The molecule has 0 amide bonds. The molecule has 5 nitrogen and oxygen atoms in total. The van der Waals surface area contributed by atoms with E-state index in [0.717, 1.165) is 25.9 Å². The van der Waals surface area contributed by atoms with Crippen LogP contribution in [-0.2, 0) is 6.54 Å². The highest BCUT2D eigenvalue weighted by atomic mass is 79.9. The average Bonchev–Trinajstić information content (AvgIpc) is 2.37. The summed E-state index contributed by atoms with van der Waals surface area (Å²) >= 11 is 3.06. The van der Waals surface area contributed by atoms with E-state index in [1.807, 2.05) is 7.05 Å². The van der Waals surface area contributed by atoms with Gasteiger partial charge in [0.15, 0.2) is 0 Å². The molecule has 1 atom stereocenters. The normalized spacial score (nSPS) is 20.5. The van der Waals surface area contributed by atoms with Gasteiger partial charge in [0.1, 0.15) is 11.0 Å². The Morgan fingerprint density at radius 2 is 2.24 bits per heavy atom. The lowest BCUT2D eigenvalue weighted by molar-refractivity contribution is -0.143. The maximum Gasteiger partial charge on any atom is 0.408 e. The molecule has 2 heterocycles. The number of nitrogens with one attached hydrogen (secondary N) is 1. The molecule has 1 aliphatic heterocycles. The molecule has 0 aromatic carbocycles. The van der Waals surface area contributed by atoms with Crippen LogP contribution in [0.15, 0.2) is 15.5 Å². The highest BCUT2D eigenvalue weighted by molar-refractivity contribution is 9.10. The first-order valence-electron chi connectivity index (χ1n) is 6.54. The van der Waals surface area contributed by atoms with Crippen molar-refractivity contribution in [2.75, 3.05) is 25.5 Å². The molecule has 1 aromatic heterocycles. The summed E-state index contributed by atoms with van der Waals surface area (Å²) in [7, 11) is 2.00. The smallest absolute Gasteiger partial charge is 0.379 e. The van der Waals surface area contributed by atoms with E-state index in [2.05, 4.69) is 31.2 Å². The molecule has 1 unspecified atom stereocenters. The van der Waals surface area contributed by atoms with Gasteiger partial charge in [-0.1, -0.05) is 0 Å². The monoisotopic (exact) mass is 368 g/mol. The topological polar surface area (TPSA) is 50.2 Å². The second-order valence-corrected chi connectivity index (χ2v) is 5.99. The fourth-order valence-electron chi connectivity index (χ4n) is 2.35. The number of hydrogen-bond acceptors (Lipinski definition) is 4. The Kier molecular flexibility index (Phi) is 4.92. The second kappa shape index (κ2) is 6.35. The molecule has 0 radical (unpaired) electrons. The molecule has 118 valence electrons. The fraction of sp³-hybridized carbons (Fsp3) is 0.667. The van der Waals surface area contributed by atoms with Gasteiger partial charge in [-0.3, -0.25) is 4.79 Å². The van der Waals surface area contributed by atoms with Crippen LogP contribution in [0.2, 0.25) is 0 Å². The molecule has 2 rings (SSSR count). The van der Waals surface area contributed by atoms with Gasteiger partial charge >= 0.3 is 6.18 Å². The van der Waals surface area contributed by atoms with Crippen LogP contribution in [0.1, 0.15) is 12.8 Å². The molecule has 0 saturated carbocycles. The minimum Gasteiger partial charge on any atom is -0.379 e. The lowest BCUT2D eigenvalue weighted by Crippen LogP contribution is -2.40. The summed E-state index contributed by atoms with van der Waals surface area (Å²) in [6.45, 7) is 0.444. The number of halogens is 4. The van der Waals surface area contributed by atoms with Gasteiger partial charge in [0.05, 0.1) is 11.9 Å². The molecular weight excluding hydrogens is 353 g/mol. The van der Waals surface area contributed by atoms with Gasteiger partial charge in [0.25, 0.3) is 5.56 Å². The summed E-state index contributed by atoms with van der Waals surface area (Å²) < 4.78 is 37.5. The van der Waals surface area contributed by atoms with Gasteiger partial charge in [-0.2, -0.15) is 18.3 Å². The Balaban J connectivity index is 2.15. The molecule has 0 bridgehead atoms. The van der Waals surface area contributed by atoms with Crippen molar-refractivity contribution in [3.63, 3.8) is 0 Å². The molecule has 1 saturated heterocycles. The second-order valence-electron chi connectivity index (χ2n) is 5.20. The number of anilines is 1. The van der Waals surface area contributed by atoms with Crippen molar-refractivity contribution in [1.82, 2.24) is 14.7 Å². The zero-order valence-corrected chi connectivity index (χ0v) is 13.0. The lowest BCUT2D eigenvalue weighted by atomic mass is 10.1. The number of likely N-dealkylation sites (N-methyl/N-ethyl adjacent to an activating group) is 1. The van der Waals surface area contributed by atoms with E-state index in [-0.39, 0.29) is 10.5 Å². The third kappa shape index (κ3) is 4.44. The van der Waals surface area contributed by atoms with Crippen molar-refractivity contribution in [2.24, 2.45) is 0 Å². The van der Waals surface area contributed by atoms with E-state index < -0.39 is 18.3 Å². The summed E-state index contributed by atoms with van der Waals surface area (Å²) in [4.78, 5) is 14.0. The molecule has 1 aliphatic rings. The molecule has 9 heteroatoms. The number of alkyl halides is 3. The summed E-state index contributed by atoms with van der Waals surface area (Å²) in [5, 5.41) is 6.75. The SMILES string of the molecule is CN1CCCC(Nc2cnn(CC(F)(F)F)c(=O)c2Br)C1. The molecular formula is C12H16BrF3N4O. The van der Waals surface area contributed by atoms with Crippen molar-refractivity contribution in [3.05, 3.63) is 21.0 Å². The number of likely N-dealkylation sites (tertiary alicyclic amines) is 1. The lowest BCUT2D eigenvalue weighted by Gasteiger charge is -2.31. The van der Waals surface area contributed by atoms with Crippen LogP contribution in [0.5, 0.6) is 0 Å². The van der Waals surface area contributed by atoms with Crippen LogP contribution < -0.4 is 10.9 Å². The summed E-state index contributed by atoms with van der Waals surface area (Å²) in [5.41, 5.74) is -0.361. The Morgan fingerprint density at radius 1 is 1.52 bits per heavy atom. The van der Waals surface area contributed by atoms with Crippen molar-refractivity contribution >= 4 is 21.6 Å². The highest BCUT2D eigenvalue weighted by Crippen LogP contribution is 2.21.